The number of carbonyl (C=O) groups is 2. The van der Waals surface area contributed by atoms with Crippen LogP contribution < -0.4 is 10.2 Å². The van der Waals surface area contributed by atoms with Crippen LogP contribution >= 0.6 is 23.2 Å². The van der Waals surface area contributed by atoms with E-state index in [1.165, 1.54) is 12.2 Å². The van der Waals surface area contributed by atoms with Gasteiger partial charge in [0, 0.05) is 40.6 Å². The van der Waals surface area contributed by atoms with Crippen molar-refractivity contribution in [2.45, 2.75) is 0 Å². The third kappa shape index (κ3) is 6.49. The third-order valence-electron chi connectivity index (χ3n) is 4.23. The fourth-order valence-corrected chi connectivity index (χ4v) is 3.22. The van der Waals surface area contributed by atoms with Crippen molar-refractivity contribution >= 4 is 52.5 Å². The molecule has 1 aliphatic rings. The molecule has 0 radical (unpaired) electrons. The molecule has 0 aromatic heterocycles. The van der Waals surface area contributed by atoms with Crippen LogP contribution in [0.3, 0.4) is 0 Å². The van der Waals surface area contributed by atoms with E-state index < -0.39 is 11.9 Å². The van der Waals surface area contributed by atoms with Gasteiger partial charge in [-0.05, 0) is 48.0 Å². The maximum absolute atomic E-state index is 12.0. The first-order valence-electron chi connectivity index (χ1n) is 9.04. The summed E-state index contributed by atoms with van der Waals surface area (Å²) in [4.78, 5) is 26.0. The van der Waals surface area contributed by atoms with E-state index in [1.54, 1.807) is 18.2 Å². The summed E-state index contributed by atoms with van der Waals surface area (Å²) in [6, 6.07) is 12.4. The largest absolute Gasteiger partial charge is 0.452 e. The number of hydrogen-bond donors (Lipinski definition) is 1. The number of benzene rings is 2. The molecule has 3 rings (SSSR count). The van der Waals surface area contributed by atoms with Crippen molar-refractivity contribution in [1.29, 1.82) is 0 Å². The van der Waals surface area contributed by atoms with Gasteiger partial charge in [-0.2, -0.15) is 0 Å². The predicted octanol–water partition coefficient (Wildman–Crippen LogP) is 4.03. The van der Waals surface area contributed by atoms with Crippen molar-refractivity contribution in [2.24, 2.45) is 0 Å². The number of hydrogen-bond acceptors (Lipinski definition) is 5. The lowest BCUT2D eigenvalue weighted by molar-refractivity contribution is -0.142. The Morgan fingerprint density at radius 1 is 1.10 bits per heavy atom. The molecule has 1 heterocycles. The fourth-order valence-electron chi connectivity index (χ4n) is 2.75. The molecular formula is C21H20Cl2N2O4. The Kier molecular flexibility index (Phi) is 7.52. The highest BCUT2D eigenvalue weighted by Crippen LogP contribution is 2.22. The van der Waals surface area contributed by atoms with E-state index in [-0.39, 0.29) is 6.61 Å². The Morgan fingerprint density at radius 3 is 2.52 bits per heavy atom. The van der Waals surface area contributed by atoms with Crippen LogP contribution in [0.25, 0.3) is 6.08 Å². The van der Waals surface area contributed by atoms with Crippen LogP contribution in [-0.2, 0) is 19.1 Å². The molecule has 8 heteroatoms. The first kappa shape index (κ1) is 21.2. The minimum Gasteiger partial charge on any atom is -0.452 e. The molecule has 152 valence electrons. The van der Waals surface area contributed by atoms with Crippen LogP contribution in [0.15, 0.2) is 48.5 Å². The molecule has 1 N–H and O–H groups in total. The lowest BCUT2D eigenvalue weighted by Crippen LogP contribution is -2.36. The summed E-state index contributed by atoms with van der Waals surface area (Å²) in [7, 11) is 0. The number of esters is 1. The molecule has 1 saturated heterocycles. The topological polar surface area (TPSA) is 67.9 Å². The SMILES string of the molecule is O=C(COC(=O)C=Cc1ccc(Cl)cc1Cl)Nc1ccc(N2CCOCC2)cc1. The van der Waals surface area contributed by atoms with Crippen molar-refractivity contribution in [3.05, 3.63) is 64.1 Å². The molecule has 0 atom stereocenters. The average molecular weight is 435 g/mol. The molecule has 0 saturated carbocycles. The molecule has 0 unspecified atom stereocenters. The van der Waals surface area contributed by atoms with Crippen molar-refractivity contribution in [2.75, 3.05) is 43.1 Å². The fraction of sp³-hybridized carbons (Fsp3) is 0.238. The second-order valence-electron chi connectivity index (χ2n) is 6.30. The molecule has 2 aromatic carbocycles. The minimum atomic E-state index is -0.645. The predicted molar refractivity (Wildman–Crippen MR) is 115 cm³/mol. The standard InChI is InChI=1S/C21H20Cl2N2O4/c22-16-3-1-15(19(23)13-16)2-8-21(27)29-14-20(26)24-17-4-6-18(7-5-17)25-9-11-28-12-10-25/h1-8,13H,9-12,14H2,(H,24,26). The number of carbonyl (C=O) groups excluding carboxylic acids is 2. The molecule has 1 amide bonds. The van der Waals surface area contributed by atoms with Crippen molar-refractivity contribution < 1.29 is 19.1 Å². The Morgan fingerprint density at radius 2 is 1.83 bits per heavy atom. The van der Waals surface area contributed by atoms with Gasteiger partial charge in [-0.3, -0.25) is 4.79 Å². The van der Waals surface area contributed by atoms with Gasteiger partial charge in [0.25, 0.3) is 5.91 Å². The maximum atomic E-state index is 12.0. The van der Waals surface area contributed by atoms with Gasteiger partial charge in [0.05, 0.1) is 13.2 Å². The van der Waals surface area contributed by atoms with Gasteiger partial charge in [0.15, 0.2) is 6.61 Å². The molecule has 1 aliphatic heterocycles. The number of halogens is 2. The highest BCUT2D eigenvalue weighted by molar-refractivity contribution is 6.35. The van der Waals surface area contributed by atoms with Crippen molar-refractivity contribution in [3.63, 3.8) is 0 Å². The summed E-state index contributed by atoms with van der Waals surface area (Å²) in [5, 5.41) is 3.62. The summed E-state index contributed by atoms with van der Waals surface area (Å²) < 4.78 is 10.3. The first-order valence-corrected chi connectivity index (χ1v) is 9.79. The van der Waals surface area contributed by atoms with Crippen LogP contribution in [-0.4, -0.2) is 44.8 Å². The summed E-state index contributed by atoms with van der Waals surface area (Å²) in [5.74, 6) is -1.07. The monoisotopic (exact) mass is 434 g/mol. The number of rotatable bonds is 6. The summed E-state index contributed by atoms with van der Waals surface area (Å²) in [6.45, 7) is 2.72. The molecular weight excluding hydrogens is 415 g/mol. The van der Waals surface area contributed by atoms with E-state index in [2.05, 4.69) is 10.2 Å². The molecule has 0 aliphatic carbocycles. The lowest BCUT2D eigenvalue weighted by atomic mass is 10.2. The Labute approximate surface area is 179 Å². The van der Waals surface area contributed by atoms with E-state index in [0.717, 1.165) is 18.8 Å². The van der Waals surface area contributed by atoms with Crippen LogP contribution in [0, 0.1) is 0 Å². The summed E-state index contributed by atoms with van der Waals surface area (Å²) in [5.41, 5.74) is 2.33. The highest BCUT2D eigenvalue weighted by Gasteiger charge is 2.11. The van der Waals surface area contributed by atoms with Gasteiger partial charge in [-0.15, -0.1) is 0 Å². The van der Waals surface area contributed by atoms with E-state index in [9.17, 15) is 9.59 Å². The number of ether oxygens (including phenoxy) is 2. The van der Waals surface area contributed by atoms with Crippen molar-refractivity contribution in [1.82, 2.24) is 0 Å². The first-order chi connectivity index (χ1) is 14.0. The number of nitrogens with zero attached hydrogens (tertiary/aromatic N) is 1. The third-order valence-corrected chi connectivity index (χ3v) is 4.80. The number of morpholine rings is 1. The zero-order valence-corrected chi connectivity index (χ0v) is 17.1. The highest BCUT2D eigenvalue weighted by atomic mass is 35.5. The quantitative estimate of drug-likeness (QED) is 0.549. The van der Waals surface area contributed by atoms with Crippen LogP contribution in [0.4, 0.5) is 11.4 Å². The lowest BCUT2D eigenvalue weighted by Gasteiger charge is -2.28. The van der Waals surface area contributed by atoms with Crippen LogP contribution in [0.5, 0.6) is 0 Å². The van der Waals surface area contributed by atoms with E-state index in [4.69, 9.17) is 32.7 Å². The van der Waals surface area contributed by atoms with Gasteiger partial charge in [0.2, 0.25) is 0 Å². The zero-order chi connectivity index (χ0) is 20.6. The Bertz CT molecular complexity index is 894. The Balaban J connectivity index is 1.45. The minimum absolute atomic E-state index is 0.386. The molecule has 0 bridgehead atoms. The normalized spacial score (nSPS) is 14.1. The van der Waals surface area contributed by atoms with E-state index >= 15 is 0 Å². The number of nitrogens with one attached hydrogen (secondary N) is 1. The molecule has 1 fully saturated rings. The van der Waals surface area contributed by atoms with E-state index in [0.29, 0.717) is 34.5 Å². The van der Waals surface area contributed by atoms with Crippen LogP contribution in [0.1, 0.15) is 5.56 Å². The smallest absolute Gasteiger partial charge is 0.331 e. The van der Waals surface area contributed by atoms with E-state index in [1.807, 2.05) is 24.3 Å². The molecule has 0 spiro atoms. The van der Waals surface area contributed by atoms with Gasteiger partial charge in [0.1, 0.15) is 0 Å². The van der Waals surface area contributed by atoms with Gasteiger partial charge < -0.3 is 19.7 Å². The van der Waals surface area contributed by atoms with Crippen LogP contribution in [0.2, 0.25) is 10.0 Å². The second-order valence-corrected chi connectivity index (χ2v) is 7.14. The van der Waals surface area contributed by atoms with Gasteiger partial charge in [-0.1, -0.05) is 29.3 Å². The van der Waals surface area contributed by atoms with Gasteiger partial charge in [-0.25, -0.2) is 4.79 Å². The number of anilines is 2. The molecule has 6 nitrogen and oxygen atoms in total. The molecule has 2 aromatic rings. The summed E-state index contributed by atoms with van der Waals surface area (Å²) in [6.07, 6.45) is 2.71. The second kappa shape index (κ2) is 10.3. The zero-order valence-electron chi connectivity index (χ0n) is 15.6. The molecule has 29 heavy (non-hydrogen) atoms. The average Bonchev–Trinajstić information content (AvgIpc) is 2.73. The van der Waals surface area contributed by atoms with Gasteiger partial charge >= 0.3 is 5.97 Å². The number of amides is 1. The Hall–Kier alpha value is -2.54. The maximum Gasteiger partial charge on any atom is 0.331 e. The summed E-state index contributed by atoms with van der Waals surface area (Å²) >= 11 is 11.9. The van der Waals surface area contributed by atoms with Crippen molar-refractivity contribution in [3.8, 4) is 0 Å².